The van der Waals surface area contributed by atoms with Crippen LogP contribution in [0.1, 0.15) is 25.8 Å². The smallest absolute Gasteiger partial charge is 0.315 e. The number of rotatable bonds is 7. The normalized spacial score (nSPS) is 13.4. The Morgan fingerprint density at radius 2 is 2.10 bits per heavy atom. The molecule has 0 saturated heterocycles. The lowest BCUT2D eigenvalue weighted by Crippen LogP contribution is -2.37. The predicted octanol–water partition coefficient (Wildman–Crippen LogP) is 2.04. The van der Waals surface area contributed by atoms with Crippen LogP contribution in [0.2, 0.25) is 0 Å². The van der Waals surface area contributed by atoms with Gasteiger partial charge in [-0.05, 0) is 37.0 Å². The van der Waals surface area contributed by atoms with Gasteiger partial charge in [-0.3, -0.25) is 0 Å². The number of halogens is 1. The van der Waals surface area contributed by atoms with Gasteiger partial charge in [-0.15, -0.1) is 0 Å². The molecular formula is C15H23FN2O3. The predicted molar refractivity (Wildman–Crippen MR) is 78.7 cm³/mol. The number of nitrogens with one attached hydrogen (secondary N) is 2. The van der Waals surface area contributed by atoms with Gasteiger partial charge in [0, 0.05) is 13.1 Å². The second-order valence-electron chi connectivity index (χ2n) is 5.22. The van der Waals surface area contributed by atoms with Crippen molar-refractivity contribution in [1.29, 1.82) is 0 Å². The third kappa shape index (κ3) is 6.44. The minimum atomic E-state index is -0.456. The Bertz CT molecular complexity index is 466. The van der Waals surface area contributed by atoms with Crippen LogP contribution in [0.25, 0.3) is 0 Å². The Balaban J connectivity index is 2.34. The van der Waals surface area contributed by atoms with E-state index in [2.05, 4.69) is 10.6 Å². The number of urea groups is 1. The van der Waals surface area contributed by atoms with Crippen molar-refractivity contribution in [2.24, 2.45) is 5.92 Å². The Hall–Kier alpha value is -1.82. The molecule has 2 atom stereocenters. The van der Waals surface area contributed by atoms with Gasteiger partial charge in [0.05, 0.1) is 13.2 Å². The molecule has 0 aliphatic carbocycles. The summed E-state index contributed by atoms with van der Waals surface area (Å²) in [6, 6.07) is 4.23. The van der Waals surface area contributed by atoms with Gasteiger partial charge in [-0.25, -0.2) is 9.18 Å². The number of ether oxygens (including phenoxy) is 1. The van der Waals surface area contributed by atoms with Crippen LogP contribution in [0.3, 0.4) is 0 Å². The second-order valence-corrected chi connectivity index (χ2v) is 5.22. The highest BCUT2D eigenvalue weighted by molar-refractivity contribution is 5.73. The molecule has 0 heterocycles. The van der Waals surface area contributed by atoms with Crippen molar-refractivity contribution >= 4 is 6.03 Å². The van der Waals surface area contributed by atoms with Crippen LogP contribution in [0.4, 0.5) is 9.18 Å². The Kier molecular flexibility index (Phi) is 6.94. The Labute approximate surface area is 124 Å². The number of carbonyl (C=O) groups excluding carboxylic acids is 1. The molecule has 5 nitrogen and oxygen atoms in total. The maximum atomic E-state index is 13.5. The molecule has 0 aliphatic heterocycles. The van der Waals surface area contributed by atoms with Gasteiger partial charge in [0.25, 0.3) is 0 Å². The molecule has 2 unspecified atom stereocenters. The Morgan fingerprint density at radius 1 is 1.38 bits per heavy atom. The van der Waals surface area contributed by atoms with Gasteiger partial charge in [-0.2, -0.15) is 0 Å². The molecule has 0 aromatic heterocycles. The van der Waals surface area contributed by atoms with Crippen molar-refractivity contribution < 1.29 is 19.0 Å². The maximum Gasteiger partial charge on any atom is 0.315 e. The first kappa shape index (κ1) is 17.2. The number of hydrogen-bond donors (Lipinski definition) is 3. The monoisotopic (exact) mass is 298 g/mol. The van der Waals surface area contributed by atoms with E-state index in [1.54, 1.807) is 13.0 Å². The zero-order valence-corrected chi connectivity index (χ0v) is 12.6. The summed E-state index contributed by atoms with van der Waals surface area (Å²) in [4.78, 5) is 11.6. The maximum absolute atomic E-state index is 13.5. The van der Waals surface area contributed by atoms with E-state index < -0.39 is 5.82 Å². The number of aliphatic hydroxyl groups is 1. The zero-order chi connectivity index (χ0) is 15.8. The molecule has 0 radical (unpaired) electrons. The minimum Gasteiger partial charge on any atom is -0.494 e. The molecular weight excluding hydrogens is 275 g/mol. The lowest BCUT2D eigenvalue weighted by Gasteiger charge is -2.14. The molecule has 118 valence electrons. The first-order valence-corrected chi connectivity index (χ1v) is 6.94. The second kappa shape index (κ2) is 8.46. The van der Waals surface area contributed by atoms with Crippen LogP contribution in [0.5, 0.6) is 5.75 Å². The summed E-state index contributed by atoms with van der Waals surface area (Å²) in [5, 5.41) is 14.6. The van der Waals surface area contributed by atoms with E-state index >= 15 is 0 Å². The quantitative estimate of drug-likeness (QED) is 0.721. The van der Waals surface area contributed by atoms with Crippen molar-refractivity contribution in [3.63, 3.8) is 0 Å². The molecule has 0 saturated carbocycles. The van der Waals surface area contributed by atoms with Crippen molar-refractivity contribution in [2.75, 3.05) is 13.7 Å². The molecule has 0 bridgehead atoms. The SMILES string of the molecule is COc1ccc(CNC(=O)NCC(C)CC(C)O)cc1F. The number of hydrogen-bond acceptors (Lipinski definition) is 3. The number of methoxy groups -OCH3 is 1. The number of carbonyl (C=O) groups is 1. The summed E-state index contributed by atoms with van der Waals surface area (Å²) in [6.07, 6.45) is 0.247. The topological polar surface area (TPSA) is 70.6 Å². The van der Waals surface area contributed by atoms with Gasteiger partial charge < -0.3 is 20.5 Å². The summed E-state index contributed by atoms with van der Waals surface area (Å²) in [7, 11) is 1.40. The van der Waals surface area contributed by atoms with Gasteiger partial charge in [0.1, 0.15) is 0 Å². The number of benzene rings is 1. The first-order chi connectivity index (χ1) is 9.92. The van der Waals surface area contributed by atoms with Crippen molar-refractivity contribution in [3.05, 3.63) is 29.6 Å². The molecule has 0 fully saturated rings. The van der Waals surface area contributed by atoms with Crippen LogP contribution < -0.4 is 15.4 Å². The molecule has 1 aromatic rings. The highest BCUT2D eigenvalue weighted by atomic mass is 19.1. The summed E-state index contributed by atoms with van der Waals surface area (Å²) < 4.78 is 18.3. The first-order valence-electron chi connectivity index (χ1n) is 6.94. The summed E-state index contributed by atoms with van der Waals surface area (Å²) in [5.41, 5.74) is 0.653. The fourth-order valence-corrected chi connectivity index (χ4v) is 2.00. The van der Waals surface area contributed by atoms with Crippen LogP contribution in [0, 0.1) is 11.7 Å². The molecule has 21 heavy (non-hydrogen) atoms. The number of amides is 2. The molecule has 0 aliphatic rings. The largest absolute Gasteiger partial charge is 0.494 e. The van der Waals surface area contributed by atoms with E-state index in [0.29, 0.717) is 18.5 Å². The van der Waals surface area contributed by atoms with Crippen molar-refractivity contribution in [2.45, 2.75) is 32.9 Å². The van der Waals surface area contributed by atoms with Gasteiger partial charge in [-0.1, -0.05) is 13.0 Å². The lowest BCUT2D eigenvalue weighted by molar-refractivity contribution is 0.163. The van der Waals surface area contributed by atoms with Gasteiger partial charge in [0.15, 0.2) is 11.6 Å². The summed E-state index contributed by atoms with van der Waals surface area (Å²) >= 11 is 0. The van der Waals surface area contributed by atoms with E-state index in [4.69, 9.17) is 4.74 Å². The summed E-state index contributed by atoms with van der Waals surface area (Å²) in [5.74, 6) is -0.0907. The summed E-state index contributed by atoms with van der Waals surface area (Å²) in [6.45, 7) is 4.38. The van der Waals surface area contributed by atoms with E-state index in [9.17, 15) is 14.3 Å². The third-order valence-electron chi connectivity index (χ3n) is 3.02. The van der Waals surface area contributed by atoms with E-state index in [-0.39, 0.29) is 30.3 Å². The average Bonchev–Trinajstić information content (AvgIpc) is 2.42. The van der Waals surface area contributed by atoms with E-state index in [0.717, 1.165) is 0 Å². The van der Waals surface area contributed by atoms with Crippen molar-refractivity contribution in [1.82, 2.24) is 10.6 Å². The van der Waals surface area contributed by atoms with Crippen LogP contribution in [-0.2, 0) is 6.54 Å². The van der Waals surface area contributed by atoms with Gasteiger partial charge in [0.2, 0.25) is 0 Å². The highest BCUT2D eigenvalue weighted by Crippen LogP contribution is 2.17. The van der Waals surface area contributed by atoms with Crippen LogP contribution >= 0.6 is 0 Å². The third-order valence-corrected chi connectivity index (χ3v) is 3.02. The highest BCUT2D eigenvalue weighted by Gasteiger charge is 2.08. The van der Waals surface area contributed by atoms with E-state index in [1.165, 1.54) is 19.2 Å². The average molecular weight is 298 g/mol. The molecule has 1 aromatic carbocycles. The molecule has 6 heteroatoms. The molecule has 3 N–H and O–H groups in total. The zero-order valence-electron chi connectivity index (χ0n) is 12.6. The van der Waals surface area contributed by atoms with Crippen LogP contribution in [-0.4, -0.2) is 30.9 Å². The molecule has 2 amide bonds. The standard InChI is InChI=1S/C15H23FN2O3/c1-10(6-11(2)19)8-17-15(20)18-9-12-4-5-14(21-3)13(16)7-12/h4-5,7,10-11,19H,6,8-9H2,1-3H3,(H2,17,18,20). The fourth-order valence-electron chi connectivity index (χ4n) is 2.00. The minimum absolute atomic E-state index is 0.176. The Morgan fingerprint density at radius 3 is 2.67 bits per heavy atom. The van der Waals surface area contributed by atoms with Crippen molar-refractivity contribution in [3.8, 4) is 5.75 Å². The van der Waals surface area contributed by atoms with Gasteiger partial charge >= 0.3 is 6.03 Å². The fraction of sp³-hybridized carbons (Fsp3) is 0.533. The van der Waals surface area contributed by atoms with Crippen LogP contribution in [0.15, 0.2) is 18.2 Å². The van der Waals surface area contributed by atoms with E-state index in [1.807, 2.05) is 6.92 Å². The molecule has 1 rings (SSSR count). The molecule has 0 spiro atoms. The lowest BCUT2D eigenvalue weighted by atomic mass is 10.1. The number of aliphatic hydroxyl groups excluding tert-OH is 1.